The van der Waals surface area contributed by atoms with E-state index < -0.39 is 16.1 Å². The number of carbonyl (C=O) groups excluding carboxylic acids is 1. The van der Waals surface area contributed by atoms with Crippen molar-refractivity contribution >= 4 is 27.5 Å². The minimum atomic E-state index is -4.06. The van der Waals surface area contributed by atoms with Crippen molar-refractivity contribution in [3.8, 4) is 5.75 Å². The van der Waals surface area contributed by atoms with E-state index in [2.05, 4.69) is 4.72 Å². The summed E-state index contributed by atoms with van der Waals surface area (Å²) in [5, 5.41) is 0.250. The predicted octanol–water partition coefficient (Wildman–Crippen LogP) is 4.24. The molecule has 0 aliphatic heterocycles. The van der Waals surface area contributed by atoms with Crippen LogP contribution in [0, 0.1) is 0 Å². The third-order valence-electron chi connectivity index (χ3n) is 4.86. The number of methoxy groups -OCH3 is 1. The maximum Gasteiger partial charge on any atom is 0.245 e. The molecular formula is C24H25ClN2O4S. The van der Waals surface area contributed by atoms with Crippen LogP contribution in [-0.2, 0) is 27.9 Å². The summed E-state index contributed by atoms with van der Waals surface area (Å²) in [7, 11) is -2.68. The first kappa shape index (κ1) is 23.8. The largest absolute Gasteiger partial charge is 0.495 e. The average Bonchev–Trinajstić information content (AvgIpc) is 2.79. The van der Waals surface area contributed by atoms with E-state index in [9.17, 15) is 13.2 Å². The SMILES string of the molecule is COc1ccc(Cl)cc1S(=O)(=O)N[C@@H](C)C(=O)N(Cc1ccccc1)Cc1ccccc1. The first-order valence-electron chi connectivity index (χ1n) is 10.0. The standard InChI is InChI=1S/C24H25ClN2O4S/c1-18(26-32(29,30)23-15-21(25)13-14-22(23)31-2)24(28)27(16-19-9-5-3-6-10-19)17-20-11-7-4-8-12-20/h3-15,18,26H,16-17H2,1-2H3/t18-/m0/s1. The fraction of sp³-hybridized carbons (Fsp3) is 0.208. The van der Waals surface area contributed by atoms with Crippen LogP contribution in [0.4, 0.5) is 0 Å². The molecule has 0 radical (unpaired) electrons. The molecular weight excluding hydrogens is 448 g/mol. The van der Waals surface area contributed by atoms with Crippen molar-refractivity contribution in [2.24, 2.45) is 0 Å². The number of hydrogen-bond donors (Lipinski definition) is 1. The molecule has 1 atom stereocenters. The van der Waals surface area contributed by atoms with E-state index in [0.717, 1.165) is 11.1 Å². The number of nitrogens with zero attached hydrogens (tertiary/aromatic N) is 1. The van der Waals surface area contributed by atoms with Gasteiger partial charge in [0.1, 0.15) is 10.6 Å². The maximum atomic E-state index is 13.3. The molecule has 6 nitrogen and oxygen atoms in total. The van der Waals surface area contributed by atoms with E-state index in [1.807, 2.05) is 60.7 Å². The summed E-state index contributed by atoms with van der Waals surface area (Å²) in [5.74, 6) is -0.200. The summed E-state index contributed by atoms with van der Waals surface area (Å²) in [6, 6.07) is 22.4. The Balaban J connectivity index is 1.84. The second-order valence-corrected chi connectivity index (χ2v) is 9.42. The van der Waals surface area contributed by atoms with E-state index in [1.165, 1.54) is 32.2 Å². The maximum absolute atomic E-state index is 13.3. The van der Waals surface area contributed by atoms with Crippen LogP contribution in [0.5, 0.6) is 5.75 Å². The lowest BCUT2D eigenvalue weighted by atomic mass is 10.1. The summed E-state index contributed by atoms with van der Waals surface area (Å²) < 4.78 is 33.6. The normalized spacial score (nSPS) is 12.2. The molecule has 0 unspecified atom stereocenters. The van der Waals surface area contributed by atoms with Gasteiger partial charge in [-0.2, -0.15) is 4.72 Å². The number of hydrogen-bond acceptors (Lipinski definition) is 4. The van der Waals surface area contributed by atoms with Gasteiger partial charge in [-0.1, -0.05) is 72.3 Å². The molecule has 168 valence electrons. The number of ether oxygens (including phenoxy) is 1. The molecule has 0 bridgehead atoms. The Labute approximate surface area is 193 Å². The first-order chi connectivity index (χ1) is 15.3. The van der Waals surface area contributed by atoms with Crippen LogP contribution in [0.1, 0.15) is 18.1 Å². The Hall–Kier alpha value is -2.87. The molecule has 0 heterocycles. The Bertz CT molecular complexity index is 1110. The fourth-order valence-electron chi connectivity index (χ4n) is 3.30. The molecule has 0 aromatic heterocycles. The van der Waals surface area contributed by atoms with Gasteiger partial charge < -0.3 is 9.64 Å². The number of sulfonamides is 1. The third kappa shape index (κ3) is 6.09. The van der Waals surface area contributed by atoms with E-state index in [1.54, 1.807) is 4.90 Å². The van der Waals surface area contributed by atoms with Crippen molar-refractivity contribution < 1.29 is 17.9 Å². The number of nitrogens with one attached hydrogen (secondary N) is 1. The van der Waals surface area contributed by atoms with Gasteiger partial charge in [0, 0.05) is 18.1 Å². The number of rotatable bonds is 9. The smallest absolute Gasteiger partial charge is 0.245 e. The number of carbonyl (C=O) groups is 1. The van der Waals surface area contributed by atoms with E-state index in [4.69, 9.17) is 16.3 Å². The molecule has 8 heteroatoms. The molecule has 0 saturated carbocycles. The van der Waals surface area contributed by atoms with Gasteiger partial charge in [-0.25, -0.2) is 8.42 Å². The summed E-state index contributed by atoms with van der Waals surface area (Å²) >= 11 is 5.99. The molecule has 1 amide bonds. The highest BCUT2D eigenvalue weighted by Crippen LogP contribution is 2.27. The molecule has 0 spiro atoms. The topological polar surface area (TPSA) is 75.7 Å². The Morgan fingerprint density at radius 1 is 0.969 bits per heavy atom. The zero-order valence-electron chi connectivity index (χ0n) is 17.9. The molecule has 0 fully saturated rings. The van der Waals surface area contributed by atoms with Gasteiger partial charge in [0.25, 0.3) is 0 Å². The monoisotopic (exact) mass is 472 g/mol. The summed E-state index contributed by atoms with van der Waals surface area (Å²) in [4.78, 5) is 14.8. The van der Waals surface area contributed by atoms with Crippen molar-refractivity contribution in [3.63, 3.8) is 0 Å². The zero-order valence-corrected chi connectivity index (χ0v) is 19.4. The van der Waals surface area contributed by atoms with E-state index >= 15 is 0 Å². The molecule has 0 saturated heterocycles. The highest BCUT2D eigenvalue weighted by atomic mass is 35.5. The summed E-state index contributed by atoms with van der Waals surface area (Å²) in [5.41, 5.74) is 1.90. The number of halogens is 1. The minimum Gasteiger partial charge on any atom is -0.495 e. The first-order valence-corrected chi connectivity index (χ1v) is 11.9. The van der Waals surface area contributed by atoms with Gasteiger partial charge in [0.15, 0.2) is 0 Å². The van der Waals surface area contributed by atoms with Crippen molar-refractivity contribution in [2.75, 3.05) is 7.11 Å². The average molecular weight is 473 g/mol. The quantitative estimate of drug-likeness (QED) is 0.505. The summed E-state index contributed by atoms with van der Waals surface area (Å²) in [6.07, 6.45) is 0. The van der Waals surface area contributed by atoms with Crippen LogP contribution in [0.25, 0.3) is 0 Å². The van der Waals surface area contributed by atoms with Crippen LogP contribution < -0.4 is 9.46 Å². The van der Waals surface area contributed by atoms with Gasteiger partial charge in [-0.15, -0.1) is 0 Å². The fourth-order valence-corrected chi connectivity index (χ4v) is 4.93. The van der Waals surface area contributed by atoms with E-state index in [-0.39, 0.29) is 21.6 Å². The number of amides is 1. The molecule has 32 heavy (non-hydrogen) atoms. The lowest BCUT2D eigenvalue weighted by Gasteiger charge is -2.27. The second kappa shape index (κ2) is 10.6. The Kier molecular flexibility index (Phi) is 7.90. The predicted molar refractivity (Wildman–Crippen MR) is 125 cm³/mol. The highest BCUT2D eigenvalue weighted by Gasteiger charge is 2.28. The van der Waals surface area contributed by atoms with Gasteiger partial charge in [0.05, 0.1) is 13.2 Å². The van der Waals surface area contributed by atoms with Crippen LogP contribution >= 0.6 is 11.6 Å². The lowest BCUT2D eigenvalue weighted by molar-refractivity contribution is -0.133. The van der Waals surface area contributed by atoms with Crippen molar-refractivity contribution in [3.05, 3.63) is 95.0 Å². The van der Waals surface area contributed by atoms with Gasteiger partial charge >= 0.3 is 0 Å². The Morgan fingerprint density at radius 2 is 1.50 bits per heavy atom. The molecule has 0 aliphatic rings. The van der Waals surface area contributed by atoms with Crippen LogP contribution in [0.15, 0.2) is 83.8 Å². The zero-order chi connectivity index (χ0) is 23.1. The molecule has 3 aromatic carbocycles. The number of benzene rings is 3. The van der Waals surface area contributed by atoms with Crippen molar-refractivity contribution in [1.29, 1.82) is 0 Å². The van der Waals surface area contributed by atoms with Gasteiger partial charge in [-0.05, 0) is 36.2 Å². The molecule has 1 N–H and O–H groups in total. The van der Waals surface area contributed by atoms with Crippen LogP contribution in [-0.4, -0.2) is 32.4 Å². The molecule has 3 rings (SSSR count). The van der Waals surface area contributed by atoms with E-state index in [0.29, 0.717) is 13.1 Å². The van der Waals surface area contributed by atoms with Crippen LogP contribution in [0.3, 0.4) is 0 Å². The second-order valence-electron chi connectivity index (χ2n) is 7.30. The molecule has 3 aromatic rings. The molecule has 0 aliphatic carbocycles. The Morgan fingerprint density at radius 3 is 2.00 bits per heavy atom. The van der Waals surface area contributed by atoms with Gasteiger partial charge in [-0.3, -0.25) is 4.79 Å². The minimum absolute atomic E-state index is 0.121. The lowest BCUT2D eigenvalue weighted by Crippen LogP contribution is -2.46. The summed E-state index contributed by atoms with van der Waals surface area (Å²) in [6.45, 7) is 2.22. The van der Waals surface area contributed by atoms with Gasteiger partial charge in [0.2, 0.25) is 15.9 Å². The third-order valence-corrected chi connectivity index (χ3v) is 6.66. The van der Waals surface area contributed by atoms with Crippen molar-refractivity contribution in [2.45, 2.75) is 31.0 Å². The van der Waals surface area contributed by atoms with Crippen molar-refractivity contribution in [1.82, 2.24) is 9.62 Å². The van der Waals surface area contributed by atoms with Crippen LogP contribution in [0.2, 0.25) is 5.02 Å². The highest BCUT2D eigenvalue weighted by molar-refractivity contribution is 7.89.